The van der Waals surface area contributed by atoms with Gasteiger partial charge in [0.2, 0.25) is 5.52 Å². The summed E-state index contributed by atoms with van der Waals surface area (Å²) in [6.45, 7) is 0. The molecule has 13 heavy (non-hydrogen) atoms. The van der Waals surface area contributed by atoms with E-state index in [1.54, 1.807) is 0 Å². The summed E-state index contributed by atoms with van der Waals surface area (Å²) in [6, 6.07) is 10.4. The molecule has 1 aliphatic rings. The molecule has 0 saturated heterocycles. The first-order chi connectivity index (χ1) is 6.45. The molecule has 2 heterocycles. The van der Waals surface area contributed by atoms with Crippen LogP contribution in [0.3, 0.4) is 0 Å². The molecule has 2 aromatic rings. The molecule has 1 radical (unpaired) electrons. The summed E-state index contributed by atoms with van der Waals surface area (Å²) in [5, 5.41) is 2.30. The molecule has 3 heteroatoms. The minimum absolute atomic E-state index is 0.0835. The van der Waals surface area contributed by atoms with Gasteiger partial charge in [0.1, 0.15) is 5.41 Å². The zero-order chi connectivity index (χ0) is 8.67. The Kier molecular flexibility index (Phi) is 1.55. The number of hydrogen-bond acceptors (Lipinski definition) is 1. The van der Waals surface area contributed by atoms with Crippen molar-refractivity contribution < 1.29 is 8.36 Å². The van der Waals surface area contributed by atoms with Gasteiger partial charge in [0, 0.05) is 6.07 Å². The number of para-hydroxylation sites is 1. The van der Waals surface area contributed by atoms with Crippen LogP contribution in [0.25, 0.3) is 10.9 Å². The van der Waals surface area contributed by atoms with Gasteiger partial charge in [-0.25, -0.2) is 4.57 Å². The molecule has 0 amide bonds. The third kappa shape index (κ3) is 1.05. The third-order valence-electron chi connectivity index (χ3n) is 2.34. The van der Waals surface area contributed by atoms with Crippen LogP contribution in [-0.4, -0.2) is 15.6 Å². The number of aromatic nitrogens is 1. The fourth-order valence-electron chi connectivity index (χ4n) is 1.76. The van der Waals surface area contributed by atoms with Crippen molar-refractivity contribution in [3.63, 3.8) is 0 Å². The fourth-order valence-corrected chi connectivity index (χ4v) is 2.67. The second-order valence-electron chi connectivity index (χ2n) is 3.14. The van der Waals surface area contributed by atoms with Crippen LogP contribution in [0.1, 0.15) is 0 Å². The highest BCUT2D eigenvalue weighted by atomic mass is 27.1. The van der Waals surface area contributed by atoms with Crippen molar-refractivity contribution in [1.29, 1.82) is 0 Å². The van der Waals surface area contributed by atoms with Crippen LogP contribution in [0.15, 0.2) is 36.5 Å². The SMILES string of the molecule is c1cc2c3c(c1)ccc[n+]3[CH2][Al][O]2. The first-order valence-corrected chi connectivity index (χ1v) is 5.63. The average molecular weight is 185 g/mol. The van der Waals surface area contributed by atoms with Gasteiger partial charge in [-0.1, -0.05) is 6.07 Å². The zero-order valence-electron chi connectivity index (χ0n) is 7.10. The van der Waals surface area contributed by atoms with Gasteiger partial charge in [-0.05, 0) is 18.2 Å². The van der Waals surface area contributed by atoms with Crippen LogP contribution >= 0.6 is 0 Å². The van der Waals surface area contributed by atoms with E-state index in [4.69, 9.17) is 3.79 Å². The molecule has 0 spiro atoms. The highest BCUT2D eigenvalue weighted by molar-refractivity contribution is 6.26. The van der Waals surface area contributed by atoms with E-state index >= 15 is 0 Å². The monoisotopic (exact) mass is 185 g/mol. The largest absolute Gasteiger partial charge is 0.640 e. The molecular formula is C10H8AlNO+. The van der Waals surface area contributed by atoms with Crippen molar-refractivity contribution >= 4 is 26.5 Å². The lowest BCUT2D eigenvalue weighted by molar-refractivity contribution is -0.655. The van der Waals surface area contributed by atoms with Crippen molar-refractivity contribution in [3.05, 3.63) is 36.5 Å². The Labute approximate surface area is 82.8 Å². The minimum atomic E-state index is 0.0835. The molecule has 0 fully saturated rings. The Morgan fingerprint density at radius 3 is 3.15 bits per heavy atom. The molecule has 2 nitrogen and oxygen atoms in total. The maximum Gasteiger partial charge on any atom is 0.616 e. The minimum Gasteiger partial charge on any atom is -0.640 e. The Bertz CT molecular complexity index is 431. The van der Waals surface area contributed by atoms with Crippen LogP contribution in [0, 0.1) is 0 Å². The molecule has 1 aromatic carbocycles. The zero-order valence-corrected chi connectivity index (χ0v) is 8.26. The highest BCUT2D eigenvalue weighted by Gasteiger charge is 2.21. The van der Waals surface area contributed by atoms with Crippen molar-refractivity contribution in [1.82, 2.24) is 0 Å². The number of hydrogen-bond donors (Lipinski definition) is 0. The summed E-state index contributed by atoms with van der Waals surface area (Å²) in [5.74, 6) is 1.04. The van der Waals surface area contributed by atoms with Crippen molar-refractivity contribution in [2.75, 3.05) is 0 Å². The predicted octanol–water partition coefficient (Wildman–Crippen LogP) is 1.10. The fraction of sp³-hybridized carbons (Fsp3) is 0.100. The van der Waals surface area contributed by atoms with E-state index in [1.807, 2.05) is 12.1 Å². The smallest absolute Gasteiger partial charge is 0.616 e. The Balaban J connectivity index is 2.49. The van der Waals surface area contributed by atoms with Crippen LogP contribution in [0.5, 0.6) is 5.75 Å². The maximum absolute atomic E-state index is 5.66. The van der Waals surface area contributed by atoms with Crippen molar-refractivity contribution in [2.24, 2.45) is 0 Å². The van der Waals surface area contributed by atoms with Crippen LogP contribution in [0.2, 0.25) is 0 Å². The summed E-state index contributed by atoms with van der Waals surface area (Å²) < 4.78 is 7.94. The molecule has 0 unspecified atom stereocenters. The van der Waals surface area contributed by atoms with Gasteiger partial charge in [-0.2, -0.15) is 0 Å². The van der Waals surface area contributed by atoms with Gasteiger partial charge in [-0.3, -0.25) is 0 Å². The van der Waals surface area contributed by atoms with Gasteiger partial charge in [0.05, 0.1) is 5.39 Å². The molecule has 0 saturated carbocycles. The highest BCUT2D eigenvalue weighted by Crippen LogP contribution is 2.23. The second-order valence-corrected chi connectivity index (χ2v) is 4.07. The van der Waals surface area contributed by atoms with Crippen LogP contribution in [-0.2, 0) is 5.41 Å². The molecule has 3 rings (SSSR count). The Hall–Kier alpha value is -1.04. The van der Waals surface area contributed by atoms with Crippen molar-refractivity contribution in [3.8, 4) is 5.75 Å². The third-order valence-corrected chi connectivity index (χ3v) is 3.30. The lowest BCUT2D eigenvalue weighted by Gasteiger charge is -2.12. The second kappa shape index (κ2) is 2.73. The van der Waals surface area contributed by atoms with E-state index in [9.17, 15) is 0 Å². The molecule has 1 aromatic heterocycles. The lowest BCUT2D eigenvalue weighted by atomic mass is 10.2. The van der Waals surface area contributed by atoms with Crippen LogP contribution in [0.4, 0.5) is 0 Å². The van der Waals surface area contributed by atoms with Crippen molar-refractivity contribution in [2.45, 2.75) is 5.41 Å². The van der Waals surface area contributed by atoms with E-state index < -0.39 is 0 Å². The van der Waals surface area contributed by atoms with E-state index in [1.165, 1.54) is 10.9 Å². The summed E-state index contributed by atoms with van der Waals surface area (Å²) in [7, 11) is 0. The Morgan fingerprint density at radius 1 is 1.23 bits per heavy atom. The van der Waals surface area contributed by atoms with E-state index in [0.717, 1.165) is 11.2 Å². The van der Waals surface area contributed by atoms with Gasteiger partial charge >= 0.3 is 15.6 Å². The standard InChI is InChI=1S/C10H9NO.Al/c1-11-7-3-5-8-4-2-6-9(12)10(8)11;/h2-7,12H,1H2;/q2*+1/p-1. The molecule has 0 atom stereocenters. The molecular weight excluding hydrogens is 177 g/mol. The molecule has 0 N–H and O–H groups in total. The molecule has 61 valence electrons. The first kappa shape index (κ1) is 7.37. The van der Waals surface area contributed by atoms with E-state index in [0.29, 0.717) is 0 Å². The predicted molar refractivity (Wildman–Crippen MR) is 50.5 cm³/mol. The number of pyridine rings is 1. The molecule has 0 aliphatic carbocycles. The summed E-state index contributed by atoms with van der Waals surface area (Å²) in [5.41, 5.74) is 1.24. The number of nitrogens with zero attached hydrogens (tertiary/aromatic N) is 1. The average Bonchev–Trinajstić information content (AvgIpc) is 2.19. The summed E-state index contributed by atoms with van der Waals surface area (Å²) in [6.07, 6.45) is 2.13. The van der Waals surface area contributed by atoms with E-state index in [-0.39, 0.29) is 15.6 Å². The first-order valence-electron chi connectivity index (χ1n) is 4.35. The summed E-state index contributed by atoms with van der Waals surface area (Å²) in [4.78, 5) is 0. The number of benzene rings is 1. The van der Waals surface area contributed by atoms with Gasteiger partial charge in [0.15, 0.2) is 11.9 Å². The topological polar surface area (TPSA) is 13.1 Å². The molecule has 1 aliphatic heterocycles. The lowest BCUT2D eigenvalue weighted by Crippen LogP contribution is -2.42. The molecule has 0 bridgehead atoms. The maximum atomic E-state index is 5.66. The normalized spacial score (nSPS) is 13.5. The quantitative estimate of drug-likeness (QED) is 0.442. The summed E-state index contributed by atoms with van der Waals surface area (Å²) >= 11 is 0.0835. The van der Waals surface area contributed by atoms with Gasteiger partial charge in [-0.15, -0.1) is 0 Å². The van der Waals surface area contributed by atoms with E-state index in [2.05, 4.69) is 29.0 Å². The van der Waals surface area contributed by atoms with Crippen LogP contribution < -0.4 is 8.36 Å². The number of rotatable bonds is 0. The van der Waals surface area contributed by atoms with Gasteiger partial charge in [0.25, 0.3) is 0 Å². The van der Waals surface area contributed by atoms with Gasteiger partial charge < -0.3 is 3.79 Å². The Morgan fingerprint density at radius 2 is 2.15 bits per heavy atom.